The van der Waals surface area contributed by atoms with E-state index in [0.29, 0.717) is 11.3 Å². The number of aromatic nitrogens is 1. The number of hydrogen-bond donors (Lipinski definition) is 1. The molecule has 3 rings (SSSR count). The number of nitro benzene ring substituents is 1. The van der Waals surface area contributed by atoms with Crippen LogP contribution in [0.25, 0.3) is 0 Å². The van der Waals surface area contributed by atoms with Crippen molar-refractivity contribution in [1.82, 2.24) is 14.8 Å². The number of nitrogens with one attached hydrogen (secondary N) is 1. The SMILES string of the molecule is Cn1cccc1C(=O)CN1C(=O)NC(C)(c2ccc([N+](=O)[O-])cc2)C1=O. The van der Waals surface area contributed by atoms with E-state index >= 15 is 0 Å². The second-order valence-corrected chi connectivity index (χ2v) is 6.18. The first-order chi connectivity index (χ1) is 12.2. The highest BCUT2D eigenvalue weighted by Gasteiger charge is 2.49. The molecule has 2 aromatic rings. The fourth-order valence-electron chi connectivity index (χ4n) is 2.93. The number of Topliss-reactive ketones (excluding diaryl/α,β-unsaturated/α-hetero) is 1. The largest absolute Gasteiger partial charge is 0.348 e. The van der Waals surface area contributed by atoms with E-state index in [2.05, 4.69) is 5.32 Å². The number of carbonyl (C=O) groups excluding carboxylic acids is 3. The van der Waals surface area contributed by atoms with Gasteiger partial charge in [-0.15, -0.1) is 0 Å². The van der Waals surface area contributed by atoms with Crippen LogP contribution in [0.4, 0.5) is 10.5 Å². The van der Waals surface area contributed by atoms with Crippen LogP contribution in [0.1, 0.15) is 23.0 Å². The Morgan fingerprint density at radius 1 is 1.23 bits per heavy atom. The molecule has 1 N–H and O–H groups in total. The lowest BCUT2D eigenvalue weighted by Gasteiger charge is -2.22. The van der Waals surface area contributed by atoms with Gasteiger partial charge in [0.2, 0.25) is 0 Å². The zero-order chi connectivity index (χ0) is 19.1. The van der Waals surface area contributed by atoms with Gasteiger partial charge in [0, 0.05) is 25.4 Å². The smallest absolute Gasteiger partial charge is 0.325 e. The van der Waals surface area contributed by atoms with Gasteiger partial charge in [0.05, 0.1) is 17.2 Å². The number of amides is 3. The summed E-state index contributed by atoms with van der Waals surface area (Å²) in [6.45, 7) is 1.12. The van der Waals surface area contributed by atoms with Gasteiger partial charge < -0.3 is 9.88 Å². The normalized spacial score (nSPS) is 19.5. The lowest BCUT2D eigenvalue weighted by atomic mass is 9.92. The Morgan fingerprint density at radius 3 is 2.42 bits per heavy atom. The van der Waals surface area contributed by atoms with Gasteiger partial charge in [0.15, 0.2) is 5.78 Å². The summed E-state index contributed by atoms with van der Waals surface area (Å²) in [5, 5.41) is 13.3. The summed E-state index contributed by atoms with van der Waals surface area (Å²) in [4.78, 5) is 48.5. The minimum Gasteiger partial charge on any atom is -0.348 e. The maximum Gasteiger partial charge on any atom is 0.325 e. The van der Waals surface area contributed by atoms with Crippen molar-refractivity contribution in [3.63, 3.8) is 0 Å². The van der Waals surface area contributed by atoms with Crippen LogP contribution in [0.15, 0.2) is 42.6 Å². The minimum absolute atomic E-state index is 0.120. The van der Waals surface area contributed by atoms with Crippen LogP contribution in [-0.2, 0) is 17.4 Å². The molecule has 0 bridgehead atoms. The number of nitro groups is 1. The Balaban J connectivity index is 1.84. The molecule has 1 aliphatic heterocycles. The number of rotatable bonds is 5. The van der Waals surface area contributed by atoms with Crippen LogP contribution < -0.4 is 5.32 Å². The summed E-state index contributed by atoms with van der Waals surface area (Å²) in [7, 11) is 1.69. The highest BCUT2D eigenvalue weighted by atomic mass is 16.6. The molecule has 1 saturated heterocycles. The molecule has 1 unspecified atom stereocenters. The van der Waals surface area contributed by atoms with Crippen molar-refractivity contribution in [1.29, 1.82) is 0 Å². The van der Waals surface area contributed by atoms with Crippen molar-refractivity contribution in [2.45, 2.75) is 12.5 Å². The molecule has 1 aromatic carbocycles. The summed E-state index contributed by atoms with van der Waals surface area (Å²) < 4.78 is 1.61. The van der Waals surface area contributed by atoms with Crippen LogP contribution in [0.5, 0.6) is 0 Å². The average molecular weight is 356 g/mol. The number of hydrogen-bond acceptors (Lipinski definition) is 5. The van der Waals surface area contributed by atoms with E-state index in [9.17, 15) is 24.5 Å². The van der Waals surface area contributed by atoms with E-state index in [0.717, 1.165) is 4.90 Å². The maximum absolute atomic E-state index is 12.8. The Bertz CT molecular complexity index is 917. The van der Waals surface area contributed by atoms with Crippen molar-refractivity contribution < 1.29 is 19.3 Å². The van der Waals surface area contributed by atoms with E-state index in [4.69, 9.17) is 0 Å². The van der Waals surface area contributed by atoms with Crippen molar-refractivity contribution in [2.75, 3.05) is 6.54 Å². The standard InChI is InChI=1S/C17H16N4O5/c1-17(11-5-7-12(8-6-11)21(25)26)15(23)20(16(24)18-17)10-14(22)13-4-3-9-19(13)2/h3-9H,10H2,1-2H3,(H,18,24). The van der Waals surface area contributed by atoms with Crippen molar-refractivity contribution in [3.05, 3.63) is 64.0 Å². The number of aryl methyl sites for hydroxylation is 1. The highest BCUT2D eigenvalue weighted by molar-refractivity contribution is 6.11. The van der Waals surface area contributed by atoms with Gasteiger partial charge in [-0.05, 0) is 36.8 Å². The number of ketones is 1. The first-order valence-corrected chi connectivity index (χ1v) is 7.77. The molecule has 0 radical (unpaired) electrons. The maximum atomic E-state index is 12.8. The van der Waals surface area contributed by atoms with Crippen LogP contribution in [0.3, 0.4) is 0 Å². The first-order valence-electron chi connectivity index (χ1n) is 7.77. The zero-order valence-corrected chi connectivity index (χ0v) is 14.1. The van der Waals surface area contributed by atoms with E-state index in [1.165, 1.54) is 31.2 Å². The molecule has 26 heavy (non-hydrogen) atoms. The second kappa shape index (κ2) is 6.10. The molecule has 0 spiro atoms. The molecule has 1 fully saturated rings. The van der Waals surface area contributed by atoms with E-state index in [1.54, 1.807) is 29.9 Å². The Kier molecular flexibility index (Phi) is 4.07. The predicted molar refractivity (Wildman–Crippen MR) is 90.4 cm³/mol. The third kappa shape index (κ3) is 2.73. The monoisotopic (exact) mass is 356 g/mol. The average Bonchev–Trinajstić information content (AvgIpc) is 3.12. The molecule has 9 nitrogen and oxygen atoms in total. The van der Waals surface area contributed by atoms with Crippen LogP contribution in [0, 0.1) is 10.1 Å². The molecule has 0 saturated carbocycles. The van der Waals surface area contributed by atoms with E-state index in [1.807, 2.05) is 0 Å². The molecule has 3 amide bonds. The third-order valence-corrected chi connectivity index (χ3v) is 4.46. The fraction of sp³-hybridized carbons (Fsp3) is 0.235. The second-order valence-electron chi connectivity index (χ2n) is 6.18. The van der Waals surface area contributed by atoms with Gasteiger partial charge in [-0.25, -0.2) is 4.79 Å². The number of carbonyl (C=O) groups is 3. The van der Waals surface area contributed by atoms with Gasteiger partial charge >= 0.3 is 6.03 Å². The van der Waals surface area contributed by atoms with Crippen LogP contribution >= 0.6 is 0 Å². The number of imide groups is 1. The molecule has 0 aliphatic carbocycles. The summed E-state index contributed by atoms with van der Waals surface area (Å²) in [6.07, 6.45) is 1.69. The Hall–Kier alpha value is -3.49. The number of benzene rings is 1. The first kappa shape index (κ1) is 17.3. The van der Waals surface area contributed by atoms with Gasteiger partial charge in [-0.2, -0.15) is 0 Å². The third-order valence-electron chi connectivity index (χ3n) is 4.46. The molecule has 2 heterocycles. The van der Waals surface area contributed by atoms with Gasteiger partial charge in [-0.1, -0.05) is 0 Å². The van der Waals surface area contributed by atoms with Gasteiger partial charge in [-0.3, -0.25) is 24.6 Å². The Morgan fingerprint density at radius 2 is 1.88 bits per heavy atom. The number of non-ortho nitro benzene ring substituents is 1. The Labute approximate surface area is 148 Å². The van der Waals surface area contributed by atoms with Crippen molar-refractivity contribution in [3.8, 4) is 0 Å². The van der Waals surface area contributed by atoms with Crippen LogP contribution in [0.2, 0.25) is 0 Å². The molecular weight excluding hydrogens is 340 g/mol. The summed E-state index contributed by atoms with van der Waals surface area (Å²) in [5.41, 5.74) is -0.726. The van der Waals surface area contributed by atoms with Gasteiger partial charge in [0.1, 0.15) is 5.54 Å². The summed E-state index contributed by atoms with van der Waals surface area (Å²) in [6, 6.07) is 7.97. The molecule has 1 aromatic heterocycles. The topological polar surface area (TPSA) is 115 Å². The molecule has 1 aliphatic rings. The molecule has 134 valence electrons. The fourth-order valence-corrected chi connectivity index (χ4v) is 2.93. The van der Waals surface area contributed by atoms with E-state index in [-0.39, 0.29) is 18.0 Å². The molecule has 1 atom stereocenters. The van der Waals surface area contributed by atoms with E-state index < -0.39 is 22.4 Å². The van der Waals surface area contributed by atoms with Crippen LogP contribution in [-0.4, -0.2) is 38.7 Å². The minimum atomic E-state index is -1.39. The lowest BCUT2D eigenvalue weighted by Crippen LogP contribution is -2.41. The summed E-state index contributed by atoms with van der Waals surface area (Å²) in [5.74, 6) is -0.951. The zero-order valence-electron chi connectivity index (χ0n) is 14.1. The highest BCUT2D eigenvalue weighted by Crippen LogP contribution is 2.30. The predicted octanol–water partition coefficient (Wildman–Crippen LogP) is 1.58. The lowest BCUT2D eigenvalue weighted by molar-refractivity contribution is -0.384. The van der Waals surface area contributed by atoms with Crippen molar-refractivity contribution >= 4 is 23.4 Å². The molecular formula is C17H16N4O5. The number of urea groups is 1. The number of nitrogens with zero attached hydrogens (tertiary/aromatic N) is 3. The molecule has 9 heteroatoms. The quantitative estimate of drug-likeness (QED) is 0.378. The summed E-state index contributed by atoms with van der Waals surface area (Å²) >= 11 is 0. The van der Waals surface area contributed by atoms with Gasteiger partial charge in [0.25, 0.3) is 11.6 Å². The van der Waals surface area contributed by atoms with Crippen molar-refractivity contribution in [2.24, 2.45) is 7.05 Å².